The molecule has 0 atom stereocenters. The van der Waals surface area contributed by atoms with Gasteiger partial charge in [0.15, 0.2) is 0 Å². The zero-order valence-corrected chi connectivity index (χ0v) is 13.9. The lowest BCUT2D eigenvalue weighted by Gasteiger charge is -2.23. The summed E-state index contributed by atoms with van der Waals surface area (Å²) in [6, 6.07) is 9.10. The van der Waals surface area contributed by atoms with Crippen LogP contribution in [-0.4, -0.2) is 24.9 Å². The molecule has 0 bridgehead atoms. The molecular weight excluding hydrogens is 349 g/mol. The first-order valence-corrected chi connectivity index (χ1v) is 8.81. The van der Waals surface area contributed by atoms with Crippen LogP contribution >= 0.6 is 0 Å². The van der Waals surface area contributed by atoms with Crippen molar-refractivity contribution < 1.29 is 12.8 Å². The van der Waals surface area contributed by atoms with Crippen LogP contribution in [0, 0.1) is 5.82 Å². The van der Waals surface area contributed by atoms with Crippen molar-refractivity contribution in [3.05, 3.63) is 69.0 Å². The smallest absolute Gasteiger partial charge is 0.314 e. The van der Waals surface area contributed by atoms with Gasteiger partial charge in [0.2, 0.25) is 0 Å². The van der Waals surface area contributed by atoms with Crippen molar-refractivity contribution in [2.24, 2.45) is 0 Å². The van der Waals surface area contributed by atoms with Gasteiger partial charge in [-0.1, -0.05) is 0 Å². The second-order valence-corrected chi connectivity index (χ2v) is 7.12. The Balaban J connectivity index is 2.13. The van der Waals surface area contributed by atoms with E-state index in [0.29, 0.717) is 11.2 Å². The lowest BCUT2D eigenvalue weighted by molar-refractivity contribution is 0.591. The van der Waals surface area contributed by atoms with Gasteiger partial charge >= 0.3 is 11.1 Å². The minimum atomic E-state index is -3.93. The molecule has 0 aliphatic heterocycles. The summed E-state index contributed by atoms with van der Waals surface area (Å²) < 4.78 is 40.0. The van der Waals surface area contributed by atoms with Gasteiger partial charge in [-0.25, -0.2) is 12.8 Å². The summed E-state index contributed by atoms with van der Waals surface area (Å²) in [6.45, 7) is 1.79. The van der Waals surface area contributed by atoms with Crippen molar-refractivity contribution in [3.63, 3.8) is 0 Å². The van der Waals surface area contributed by atoms with E-state index in [9.17, 15) is 22.4 Å². The number of rotatable bonds is 4. The van der Waals surface area contributed by atoms with E-state index in [1.165, 1.54) is 42.5 Å². The fraction of sp³-hybridized carbons (Fsp3) is 0.125. The molecule has 0 fully saturated rings. The van der Waals surface area contributed by atoms with Crippen molar-refractivity contribution >= 4 is 26.7 Å². The van der Waals surface area contributed by atoms with Crippen LogP contribution < -0.4 is 15.4 Å². The summed E-state index contributed by atoms with van der Waals surface area (Å²) >= 11 is 0. The molecule has 7 nitrogen and oxygen atoms in total. The Labute approximate surface area is 141 Å². The average Bonchev–Trinajstić information content (AvgIpc) is 2.57. The lowest BCUT2D eigenvalue weighted by atomic mass is 10.3. The Morgan fingerprint density at radius 2 is 1.56 bits per heavy atom. The van der Waals surface area contributed by atoms with Gasteiger partial charge in [-0.2, -0.15) is 0 Å². The van der Waals surface area contributed by atoms with Crippen LogP contribution in [0.15, 0.2) is 56.9 Å². The maximum atomic E-state index is 13.1. The molecule has 1 aromatic heterocycles. The normalized spacial score (nSPS) is 11.6. The van der Waals surface area contributed by atoms with E-state index in [1.54, 1.807) is 6.92 Å². The van der Waals surface area contributed by atoms with Gasteiger partial charge in [0.25, 0.3) is 10.0 Å². The van der Waals surface area contributed by atoms with Gasteiger partial charge in [-0.05, 0) is 49.4 Å². The fourth-order valence-electron chi connectivity index (χ4n) is 2.48. The highest BCUT2D eigenvalue weighted by Gasteiger charge is 2.24. The molecule has 130 valence electrons. The number of H-pyrrole nitrogens is 2. The van der Waals surface area contributed by atoms with E-state index in [1.807, 2.05) is 0 Å². The van der Waals surface area contributed by atoms with E-state index in [0.717, 1.165) is 4.31 Å². The third kappa shape index (κ3) is 3.05. The quantitative estimate of drug-likeness (QED) is 0.687. The molecule has 2 aromatic carbocycles. The van der Waals surface area contributed by atoms with Crippen molar-refractivity contribution in [1.29, 1.82) is 0 Å². The summed E-state index contributed by atoms with van der Waals surface area (Å²) in [6.07, 6.45) is 0. The number of sulfonamides is 1. The Morgan fingerprint density at radius 1 is 0.960 bits per heavy atom. The first-order valence-electron chi connectivity index (χ1n) is 7.37. The molecule has 0 unspecified atom stereocenters. The van der Waals surface area contributed by atoms with Crippen LogP contribution in [0.4, 0.5) is 10.1 Å². The van der Waals surface area contributed by atoms with E-state index in [2.05, 4.69) is 9.97 Å². The lowest BCUT2D eigenvalue weighted by Crippen LogP contribution is -2.31. The predicted molar refractivity (Wildman–Crippen MR) is 91.8 cm³/mol. The topological polar surface area (TPSA) is 103 Å². The third-order valence-electron chi connectivity index (χ3n) is 3.68. The van der Waals surface area contributed by atoms with Crippen molar-refractivity contribution in [1.82, 2.24) is 9.97 Å². The van der Waals surface area contributed by atoms with Gasteiger partial charge in [-0.3, -0.25) is 13.9 Å². The highest BCUT2D eigenvalue weighted by Crippen LogP contribution is 2.25. The molecule has 0 amide bonds. The maximum Gasteiger partial charge on any atom is 0.314 e. The number of nitrogens with one attached hydrogen (secondary N) is 2. The standard InChI is InChI=1S/C16H14FN3O4S/c1-2-20(11-5-3-10(17)4-6-11)25(23,24)12-7-8-13-14(9-12)19-16(22)15(21)18-13/h3-9H,2H2,1H3,(H,18,21)(H,19,22). The minimum absolute atomic E-state index is 0.0612. The molecule has 3 rings (SSSR count). The van der Waals surface area contributed by atoms with Gasteiger partial charge in [0.05, 0.1) is 21.6 Å². The highest BCUT2D eigenvalue weighted by molar-refractivity contribution is 7.92. The van der Waals surface area contributed by atoms with Crippen LogP contribution in [0.2, 0.25) is 0 Å². The Hall–Kier alpha value is -2.94. The molecule has 0 radical (unpaired) electrons. The fourth-order valence-corrected chi connectivity index (χ4v) is 3.98. The number of benzene rings is 2. The predicted octanol–water partition coefficient (Wildman–Crippen LogP) is 1.57. The molecule has 9 heteroatoms. The molecule has 3 aromatic rings. The minimum Gasteiger partial charge on any atom is -0.316 e. The molecule has 2 N–H and O–H groups in total. The van der Waals surface area contributed by atoms with Crippen LogP contribution in [0.1, 0.15) is 6.92 Å². The van der Waals surface area contributed by atoms with Crippen molar-refractivity contribution in [2.45, 2.75) is 11.8 Å². The monoisotopic (exact) mass is 363 g/mol. The summed E-state index contributed by atoms with van der Waals surface area (Å²) in [5.41, 5.74) is -0.856. The Morgan fingerprint density at radius 3 is 2.16 bits per heavy atom. The highest BCUT2D eigenvalue weighted by atomic mass is 32.2. The molecule has 0 spiro atoms. The van der Waals surface area contributed by atoms with Crippen LogP contribution in [0.5, 0.6) is 0 Å². The number of hydrogen-bond acceptors (Lipinski definition) is 4. The second kappa shape index (κ2) is 6.17. The van der Waals surface area contributed by atoms with Crippen LogP contribution in [0.3, 0.4) is 0 Å². The molecule has 0 aliphatic carbocycles. The number of aromatic amines is 2. The molecule has 0 saturated carbocycles. The van der Waals surface area contributed by atoms with Crippen LogP contribution in [-0.2, 0) is 10.0 Å². The SMILES string of the molecule is CCN(c1ccc(F)cc1)S(=O)(=O)c1ccc2[nH]c(=O)c(=O)[nH]c2c1. The van der Waals surface area contributed by atoms with Gasteiger partial charge in [0.1, 0.15) is 5.82 Å². The molecule has 0 aliphatic rings. The molecule has 0 saturated heterocycles. The van der Waals surface area contributed by atoms with E-state index in [-0.39, 0.29) is 17.0 Å². The van der Waals surface area contributed by atoms with E-state index >= 15 is 0 Å². The van der Waals surface area contributed by atoms with E-state index < -0.39 is 27.0 Å². The second-order valence-electron chi connectivity index (χ2n) is 5.26. The number of halogens is 1. The summed E-state index contributed by atoms with van der Waals surface area (Å²) in [5, 5.41) is 0. The number of anilines is 1. The number of aromatic nitrogens is 2. The van der Waals surface area contributed by atoms with Crippen molar-refractivity contribution in [3.8, 4) is 0 Å². The number of fused-ring (bicyclic) bond motifs is 1. The average molecular weight is 363 g/mol. The van der Waals surface area contributed by atoms with Gasteiger partial charge < -0.3 is 9.97 Å². The van der Waals surface area contributed by atoms with Crippen LogP contribution in [0.25, 0.3) is 11.0 Å². The molecule has 25 heavy (non-hydrogen) atoms. The zero-order chi connectivity index (χ0) is 18.2. The summed E-state index contributed by atoms with van der Waals surface area (Å²) in [7, 11) is -3.93. The first-order chi connectivity index (χ1) is 11.8. The Kier molecular flexibility index (Phi) is 4.17. The maximum absolute atomic E-state index is 13.1. The molecule has 1 heterocycles. The van der Waals surface area contributed by atoms with Gasteiger partial charge in [0, 0.05) is 6.54 Å². The Bertz CT molecular complexity index is 1150. The molecular formula is C16H14FN3O4S. The first kappa shape index (κ1) is 16.9. The summed E-state index contributed by atoms with van der Waals surface area (Å²) in [5.74, 6) is -0.468. The largest absolute Gasteiger partial charge is 0.316 e. The zero-order valence-electron chi connectivity index (χ0n) is 13.1. The number of nitrogens with zero attached hydrogens (tertiary/aromatic N) is 1. The number of hydrogen-bond donors (Lipinski definition) is 2. The van der Waals surface area contributed by atoms with E-state index in [4.69, 9.17) is 0 Å². The van der Waals surface area contributed by atoms with Gasteiger partial charge in [-0.15, -0.1) is 0 Å². The van der Waals surface area contributed by atoms with Crippen molar-refractivity contribution in [2.75, 3.05) is 10.8 Å². The summed E-state index contributed by atoms with van der Waals surface area (Å²) in [4.78, 5) is 27.4. The third-order valence-corrected chi connectivity index (χ3v) is 5.58.